The quantitative estimate of drug-likeness (QED) is 0.654. The molecule has 0 aliphatic heterocycles. The molecule has 0 fully saturated rings. The van der Waals surface area contributed by atoms with Crippen molar-refractivity contribution in [2.45, 2.75) is 25.2 Å². The van der Waals surface area contributed by atoms with E-state index in [0.29, 0.717) is 23.8 Å². The molecule has 3 N–H and O–H groups in total. The van der Waals surface area contributed by atoms with Crippen molar-refractivity contribution < 1.29 is 9.32 Å². The van der Waals surface area contributed by atoms with E-state index in [-0.39, 0.29) is 5.91 Å². The van der Waals surface area contributed by atoms with E-state index in [1.54, 1.807) is 24.8 Å². The van der Waals surface area contributed by atoms with Crippen molar-refractivity contribution in [3.05, 3.63) is 35.6 Å². The normalized spacial score (nSPS) is 10.5. The molecule has 0 saturated carbocycles. The molecule has 1 aromatic carbocycles. The maximum Gasteiger partial charge on any atom is 0.226 e. The summed E-state index contributed by atoms with van der Waals surface area (Å²) in [5, 5.41) is 6.41. The first-order valence-corrected chi connectivity index (χ1v) is 7.25. The van der Waals surface area contributed by atoms with Gasteiger partial charge in [-0.2, -0.15) is 0 Å². The molecule has 0 aliphatic rings. The number of nitrogens with two attached hydrogens (primary N) is 1. The Kier molecular flexibility index (Phi) is 4.68. The molecule has 0 unspecified atom stereocenters. The van der Waals surface area contributed by atoms with Crippen LogP contribution in [-0.4, -0.2) is 16.8 Å². The van der Waals surface area contributed by atoms with Gasteiger partial charge in [0.25, 0.3) is 0 Å². The van der Waals surface area contributed by atoms with Crippen molar-refractivity contribution >= 4 is 29.2 Å². The molecule has 0 atom stereocenters. The number of nitrogens with one attached hydrogen (secondary N) is 1. The van der Waals surface area contributed by atoms with Gasteiger partial charge >= 0.3 is 0 Å². The molecule has 2 aromatic rings. The Morgan fingerprint density at radius 2 is 2.20 bits per heavy atom. The van der Waals surface area contributed by atoms with Crippen LogP contribution in [0.25, 0.3) is 0 Å². The minimum Gasteiger partial charge on any atom is -0.399 e. The summed E-state index contributed by atoms with van der Waals surface area (Å²) in [7, 11) is 0. The second kappa shape index (κ2) is 6.47. The van der Waals surface area contributed by atoms with Crippen LogP contribution in [0.2, 0.25) is 0 Å². The Balaban J connectivity index is 1.79. The summed E-state index contributed by atoms with van der Waals surface area (Å²) in [5.74, 6) is 1.76. The number of carbonyl (C=O) groups is 1. The second-order valence-electron chi connectivity index (χ2n) is 4.49. The summed E-state index contributed by atoms with van der Waals surface area (Å²) in [5.41, 5.74) is 7.59. The lowest BCUT2D eigenvalue weighted by Gasteiger charge is -2.06. The van der Waals surface area contributed by atoms with Crippen LogP contribution in [0.1, 0.15) is 17.7 Å². The molecule has 2 rings (SSSR count). The van der Waals surface area contributed by atoms with Crippen LogP contribution >= 0.6 is 11.8 Å². The van der Waals surface area contributed by atoms with Crippen molar-refractivity contribution in [1.82, 2.24) is 5.16 Å². The number of nitrogen functional groups attached to an aromatic ring is 1. The fraction of sp³-hybridized carbons (Fsp3) is 0.286. The van der Waals surface area contributed by atoms with E-state index in [0.717, 1.165) is 16.1 Å². The third kappa shape index (κ3) is 4.03. The number of aromatic nitrogens is 1. The lowest BCUT2D eigenvalue weighted by molar-refractivity contribution is -0.115. The first-order valence-electron chi connectivity index (χ1n) is 6.26. The third-order valence-corrected chi connectivity index (χ3v) is 3.86. The highest BCUT2D eigenvalue weighted by Gasteiger charge is 2.07. The lowest BCUT2D eigenvalue weighted by atomic mass is 10.2. The Hall–Kier alpha value is -1.95. The van der Waals surface area contributed by atoms with E-state index in [9.17, 15) is 4.79 Å². The fourth-order valence-electron chi connectivity index (χ4n) is 1.72. The SMILES string of the molecule is Cc1cc(NC(=O)CCSc2ccc(N)cc2C)no1. The molecule has 0 spiro atoms. The number of benzene rings is 1. The molecule has 1 amide bonds. The molecule has 1 aromatic heterocycles. The van der Waals surface area contributed by atoms with E-state index < -0.39 is 0 Å². The number of nitrogens with zero attached hydrogens (tertiary/aromatic N) is 1. The summed E-state index contributed by atoms with van der Waals surface area (Å²) < 4.78 is 4.88. The topological polar surface area (TPSA) is 81.2 Å². The number of carbonyl (C=O) groups excluding carboxylic acids is 1. The van der Waals surface area contributed by atoms with Crippen LogP contribution in [0.4, 0.5) is 11.5 Å². The van der Waals surface area contributed by atoms with Crippen molar-refractivity contribution in [1.29, 1.82) is 0 Å². The molecule has 1 heterocycles. The number of hydrogen-bond acceptors (Lipinski definition) is 5. The largest absolute Gasteiger partial charge is 0.399 e. The molecule has 20 heavy (non-hydrogen) atoms. The zero-order valence-electron chi connectivity index (χ0n) is 11.5. The van der Waals surface area contributed by atoms with Gasteiger partial charge in [0.2, 0.25) is 5.91 Å². The monoisotopic (exact) mass is 291 g/mol. The summed E-state index contributed by atoms with van der Waals surface area (Å²) in [4.78, 5) is 12.9. The number of anilines is 2. The minimum absolute atomic E-state index is 0.0705. The molecule has 0 saturated heterocycles. The van der Waals surface area contributed by atoms with Crippen LogP contribution in [0.3, 0.4) is 0 Å². The minimum atomic E-state index is -0.0705. The second-order valence-corrected chi connectivity index (χ2v) is 5.63. The van der Waals surface area contributed by atoms with Gasteiger partial charge in [0.15, 0.2) is 5.82 Å². The highest BCUT2D eigenvalue weighted by molar-refractivity contribution is 7.99. The third-order valence-electron chi connectivity index (χ3n) is 2.68. The average molecular weight is 291 g/mol. The van der Waals surface area contributed by atoms with Gasteiger partial charge in [-0.3, -0.25) is 4.79 Å². The zero-order chi connectivity index (χ0) is 14.5. The maximum absolute atomic E-state index is 11.7. The first kappa shape index (κ1) is 14.5. The number of rotatable bonds is 5. The van der Waals surface area contributed by atoms with Crippen molar-refractivity contribution in [3.8, 4) is 0 Å². The van der Waals surface area contributed by atoms with Gasteiger partial charge in [0.1, 0.15) is 5.76 Å². The van der Waals surface area contributed by atoms with Crippen LogP contribution < -0.4 is 11.1 Å². The van der Waals surface area contributed by atoms with E-state index in [1.807, 2.05) is 25.1 Å². The van der Waals surface area contributed by atoms with E-state index >= 15 is 0 Å². The number of thioether (sulfide) groups is 1. The smallest absolute Gasteiger partial charge is 0.226 e. The number of amides is 1. The predicted octanol–water partition coefficient (Wildman–Crippen LogP) is 2.99. The van der Waals surface area contributed by atoms with Crippen molar-refractivity contribution in [3.63, 3.8) is 0 Å². The standard InChI is InChI=1S/C14H17N3O2S/c1-9-7-11(15)3-4-12(9)20-6-5-14(18)16-13-8-10(2)19-17-13/h3-4,7-8H,5-6,15H2,1-2H3,(H,16,17,18). The Morgan fingerprint density at radius 3 is 2.85 bits per heavy atom. The summed E-state index contributed by atoms with van der Waals surface area (Å²) >= 11 is 1.64. The van der Waals surface area contributed by atoms with Gasteiger partial charge in [0.05, 0.1) is 0 Å². The Bertz CT molecular complexity index is 610. The molecule has 6 heteroatoms. The predicted molar refractivity (Wildman–Crippen MR) is 80.8 cm³/mol. The highest BCUT2D eigenvalue weighted by atomic mass is 32.2. The van der Waals surface area contributed by atoms with Crippen LogP contribution in [0.15, 0.2) is 33.7 Å². The molecule has 0 aliphatic carbocycles. The molecular weight excluding hydrogens is 274 g/mol. The van der Waals surface area contributed by atoms with Crippen molar-refractivity contribution in [2.75, 3.05) is 16.8 Å². The van der Waals surface area contributed by atoms with Crippen LogP contribution in [0.5, 0.6) is 0 Å². The zero-order valence-corrected chi connectivity index (χ0v) is 12.3. The van der Waals surface area contributed by atoms with E-state index in [1.165, 1.54) is 0 Å². The molecule has 5 nitrogen and oxygen atoms in total. The molecule has 106 valence electrons. The summed E-state index contributed by atoms with van der Waals surface area (Å²) in [6.45, 7) is 3.79. The summed E-state index contributed by atoms with van der Waals surface area (Å²) in [6.07, 6.45) is 0.417. The Labute approximate surface area is 121 Å². The van der Waals surface area contributed by atoms with Gasteiger partial charge < -0.3 is 15.6 Å². The Morgan fingerprint density at radius 1 is 1.40 bits per heavy atom. The maximum atomic E-state index is 11.7. The van der Waals surface area contributed by atoms with Gasteiger partial charge in [-0.1, -0.05) is 5.16 Å². The average Bonchev–Trinajstić information content (AvgIpc) is 2.77. The summed E-state index contributed by atoms with van der Waals surface area (Å²) in [6, 6.07) is 7.47. The van der Waals surface area contributed by atoms with Gasteiger partial charge in [-0.15, -0.1) is 11.8 Å². The van der Waals surface area contributed by atoms with E-state index in [4.69, 9.17) is 10.3 Å². The molecule has 0 radical (unpaired) electrons. The van der Waals surface area contributed by atoms with Gasteiger partial charge in [-0.05, 0) is 37.6 Å². The van der Waals surface area contributed by atoms with Crippen LogP contribution in [-0.2, 0) is 4.79 Å². The number of hydrogen-bond donors (Lipinski definition) is 2. The fourth-order valence-corrected chi connectivity index (χ4v) is 2.68. The highest BCUT2D eigenvalue weighted by Crippen LogP contribution is 2.24. The molecule has 0 bridgehead atoms. The van der Waals surface area contributed by atoms with Gasteiger partial charge in [-0.25, -0.2) is 0 Å². The van der Waals surface area contributed by atoms with Gasteiger partial charge in [0, 0.05) is 28.8 Å². The lowest BCUT2D eigenvalue weighted by Crippen LogP contribution is -2.12. The van der Waals surface area contributed by atoms with Crippen molar-refractivity contribution in [2.24, 2.45) is 0 Å². The number of aryl methyl sites for hydroxylation is 2. The van der Waals surface area contributed by atoms with Crippen LogP contribution in [0, 0.1) is 13.8 Å². The first-order chi connectivity index (χ1) is 9.54. The van der Waals surface area contributed by atoms with E-state index in [2.05, 4.69) is 10.5 Å². The molecular formula is C14H17N3O2S.